The first-order valence-corrected chi connectivity index (χ1v) is 11.3. The molecule has 1 saturated heterocycles. The van der Waals surface area contributed by atoms with Crippen LogP contribution in [0.1, 0.15) is 59.6 Å². The Bertz CT molecular complexity index is 1090. The Morgan fingerprint density at radius 3 is 2.62 bits per heavy atom. The number of carbonyl (C=O) groups excluding carboxylic acids is 2. The third kappa shape index (κ3) is 3.64. The summed E-state index contributed by atoms with van der Waals surface area (Å²) in [4.78, 5) is 26.3. The monoisotopic (exact) mass is 432 g/mol. The molecule has 2 aliphatic heterocycles. The van der Waals surface area contributed by atoms with Crippen LogP contribution >= 0.6 is 0 Å². The predicted octanol–water partition coefficient (Wildman–Crippen LogP) is 4.68. The third-order valence-corrected chi connectivity index (χ3v) is 6.80. The summed E-state index contributed by atoms with van der Waals surface area (Å²) < 4.78 is 10.8. The molecule has 1 aliphatic carbocycles. The molecule has 5 rings (SSSR count). The highest BCUT2D eigenvalue weighted by molar-refractivity contribution is 5.95. The van der Waals surface area contributed by atoms with E-state index in [0.717, 1.165) is 49.2 Å². The van der Waals surface area contributed by atoms with Gasteiger partial charge in [-0.1, -0.05) is 18.2 Å². The lowest BCUT2D eigenvalue weighted by molar-refractivity contribution is -0.132. The van der Waals surface area contributed by atoms with Crippen LogP contribution in [0.5, 0.6) is 11.5 Å². The normalized spacial score (nSPS) is 23.3. The summed E-state index contributed by atoms with van der Waals surface area (Å²) in [5.41, 5.74) is 4.11. The van der Waals surface area contributed by atoms with Crippen LogP contribution in [0.4, 0.5) is 5.69 Å². The fourth-order valence-corrected chi connectivity index (χ4v) is 5.28. The van der Waals surface area contributed by atoms with Crippen molar-refractivity contribution in [1.29, 1.82) is 0 Å². The zero-order chi connectivity index (χ0) is 22.2. The van der Waals surface area contributed by atoms with Crippen molar-refractivity contribution in [3.63, 3.8) is 0 Å². The molecule has 0 bridgehead atoms. The summed E-state index contributed by atoms with van der Waals surface area (Å²) >= 11 is 0. The molecule has 0 spiro atoms. The topological polar surface area (TPSA) is 67.9 Å². The van der Waals surface area contributed by atoms with E-state index in [9.17, 15) is 9.59 Å². The molecule has 6 heteroatoms. The molecule has 1 fully saturated rings. The molecule has 2 aromatic rings. The Kier molecular flexibility index (Phi) is 5.37. The quantitative estimate of drug-likeness (QED) is 0.432. The Hall–Kier alpha value is -3.28. The Labute approximate surface area is 188 Å². The van der Waals surface area contributed by atoms with Crippen molar-refractivity contribution in [2.24, 2.45) is 5.92 Å². The SMILES string of the molecule is COc1cc(C2Nc3ccc(C(=O)N4CCCC4)cc3C3C=CCC32)ccc1OC(C)=O. The van der Waals surface area contributed by atoms with E-state index in [0.29, 0.717) is 17.4 Å². The zero-order valence-electron chi connectivity index (χ0n) is 18.5. The second-order valence-corrected chi connectivity index (χ2v) is 8.78. The fraction of sp³-hybridized carbons (Fsp3) is 0.385. The number of esters is 1. The minimum Gasteiger partial charge on any atom is -0.493 e. The standard InChI is InChI=1S/C26H28N2O4/c1-16(29)32-23-11-9-17(15-24(23)31-2)25-20-7-5-6-19(20)21-14-18(8-10-22(21)27-25)26(30)28-12-3-4-13-28/h5-6,8-11,14-15,19-20,25,27H,3-4,7,12-13H2,1-2H3. The van der Waals surface area contributed by atoms with E-state index < -0.39 is 0 Å². The molecule has 2 aromatic carbocycles. The second-order valence-electron chi connectivity index (χ2n) is 8.78. The average molecular weight is 433 g/mol. The van der Waals surface area contributed by atoms with Gasteiger partial charge in [0, 0.05) is 37.2 Å². The Morgan fingerprint density at radius 1 is 1.06 bits per heavy atom. The van der Waals surface area contributed by atoms with Gasteiger partial charge in [-0.15, -0.1) is 0 Å². The largest absolute Gasteiger partial charge is 0.493 e. The maximum atomic E-state index is 12.9. The number of fused-ring (bicyclic) bond motifs is 3. The number of hydrogen-bond acceptors (Lipinski definition) is 5. The lowest BCUT2D eigenvalue weighted by Gasteiger charge is -2.38. The van der Waals surface area contributed by atoms with E-state index in [4.69, 9.17) is 9.47 Å². The number of methoxy groups -OCH3 is 1. The third-order valence-electron chi connectivity index (χ3n) is 6.80. The van der Waals surface area contributed by atoms with Gasteiger partial charge < -0.3 is 19.7 Å². The maximum Gasteiger partial charge on any atom is 0.308 e. The number of rotatable bonds is 4. The summed E-state index contributed by atoms with van der Waals surface area (Å²) in [7, 11) is 1.58. The molecule has 3 atom stereocenters. The molecule has 6 nitrogen and oxygen atoms in total. The summed E-state index contributed by atoms with van der Waals surface area (Å²) in [6.07, 6.45) is 7.64. The highest BCUT2D eigenvalue weighted by atomic mass is 16.6. The molecule has 0 saturated carbocycles. The number of ether oxygens (including phenoxy) is 2. The summed E-state index contributed by atoms with van der Waals surface area (Å²) in [6, 6.07) is 11.9. The maximum absolute atomic E-state index is 12.9. The van der Waals surface area contributed by atoms with Crippen LogP contribution in [0.15, 0.2) is 48.6 Å². The van der Waals surface area contributed by atoms with Crippen LogP contribution in [0, 0.1) is 5.92 Å². The molecule has 3 unspecified atom stereocenters. The van der Waals surface area contributed by atoms with Crippen LogP contribution in [-0.4, -0.2) is 37.0 Å². The van der Waals surface area contributed by atoms with Crippen molar-refractivity contribution in [1.82, 2.24) is 4.90 Å². The molecular weight excluding hydrogens is 404 g/mol. The molecule has 0 aromatic heterocycles. The van der Waals surface area contributed by atoms with E-state index >= 15 is 0 Å². The number of amides is 1. The second kappa shape index (κ2) is 8.34. The van der Waals surface area contributed by atoms with Gasteiger partial charge in [0.05, 0.1) is 13.2 Å². The van der Waals surface area contributed by atoms with Crippen LogP contribution < -0.4 is 14.8 Å². The molecule has 1 N–H and O–H groups in total. The number of hydrogen-bond donors (Lipinski definition) is 1. The van der Waals surface area contributed by atoms with Gasteiger partial charge in [-0.2, -0.15) is 0 Å². The summed E-state index contributed by atoms with van der Waals surface area (Å²) in [5, 5.41) is 3.70. The number of likely N-dealkylation sites (tertiary alicyclic amines) is 1. The van der Waals surface area contributed by atoms with Crippen molar-refractivity contribution in [2.75, 3.05) is 25.5 Å². The van der Waals surface area contributed by atoms with Crippen molar-refractivity contribution in [3.8, 4) is 11.5 Å². The van der Waals surface area contributed by atoms with E-state index in [2.05, 4.69) is 23.5 Å². The molecule has 2 heterocycles. The van der Waals surface area contributed by atoms with Crippen LogP contribution in [0.2, 0.25) is 0 Å². The van der Waals surface area contributed by atoms with E-state index in [1.54, 1.807) is 13.2 Å². The lowest BCUT2D eigenvalue weighted by Crippen LogP contribution is -2.30. The van der Waals surface area contributed by atoms with Gasteiger partial charge in [-0.25, -0.2) is 0 Å². The number of allylic oxidation sites excluding steroid dienone is 2. The van der Waals surface area contributed by atoms with Crippen LogP contribution in [0.25, 0.3) is 0 Å². The fourth-order valence-electron chi connectivity index (χ4n) is 5.28. The average Bonchev–Trinajstić information content (AvgIpc) is 3.50. The molecule has 1 amide bonds. The minimum atomic E-state index is -0.375. The lowest BCUT2D eigenvalue weighted by atomic mass is 9.76. The van der Waals surface area contributed by atoms with Gasteiger partial charge in [-0.05, 0) is 66.6 Å². The first kappa shape index (κ1) is 20.6. The predicted molar refractivity (Wildman–Crippen MR) is 122 cm³/mol. The number of anilines is 1. The first-order valence-electron chi connectivity index (χ1n) is 11.3. The minimum absolute atomic E-state index is 0.0860. The van der Waals surface area contributed by atoms with Gasteiger partial charge in [0.25, 0.3) is 5.91 Å². The van der Waals surface area contributed by atoms with E-state index in [1.807, 2.05) is 29.2 Å². The van der Waals surface area contributed by atoms with Crippen LogP contribution in [-0.2, 0) is 4.79 Å². The van der Waals surface area contributed by atoms with Gasteiger partial charge >= 0.3 is 5.97 Å². The number of nitrogens with one attached hydrogen (secondary N) is 1. The van der Waals surface area contributed by atoms with E-state index in [-0.39, 0.29) is 23.8 Å². The number of carbonyl (C=O) groups is 2. The Balaban J connectivity index is 1.46. The Morgan fingerprint density at radius 2 is 1.88 bits per heavy atom. The van der Waals surface area contributed by atoms with Crippen molar-refractivity contribution in [3.05, 3.63) is 65.2 Å². The first-order chi connectivity index (χ1) is 15.5. The van der Waals surface area contributed by atoms with Gasteiger partial charge in [0.1, 0.15) is 0 Å². The van der Waals surface area contributed by atoms with Gasteiger partial charge in [-0.3, -0.25) is 9.59 Å². The van der Waals surface area contributed by atoms with Gasteiger partial charge in [0.2, 0.25) is 0 Å². The highest BCUT2D eigenvalue weighted by Crippen LogP contribution is 2.50. The molecule has 32 heavy (non-hydrogen) atoms. The molecule has 166 valence electrons. The summed E-state index contributed by atoms with van der Waals surface area (Å²) in [6.45, 7) is 3.09. The summed E-state index contributed by atoms with van der Waals surface area (Å²) in [5.74, 6) is 1.31. The van der Waals surface area contributed by atoms with Gasteiger partial charge in [0.15, 0.2) is 11.5 Å². The van der Waals surface area contributed by atoms with Crippen molar-refractivity contribution < 1.29 is 19.1 Å². The molecule has 3 aliphatic rings. The highest BCUT2D eigenvalue weighted by Gasteiger charge is 2.38. The smallest absolute Gasteiger partial charge is 0.308 e. The molecular formula is C26H28N2O4. The van der Waals surface area contributed by atoms with Crippen molar-refractivity contribution in [2.45, 2.75) is 38.1 Å². The molecule has 0 radical (unpaired) electrons. The van der Waals surface area contributed by atoms with Crippen LogP contribution in [0.3, 0.4) is 0 Å². The number of nitrogens with zero attached hydrogens (tertiary/aromatic N) is 1. The van der Waals surface area contributed by atoms with E-state index in [1.165, 1.54) is 12.5 Å². The zero-order valence-corrected chi connectivity index (χ0v) is 18.5. The van der Waals surface area contributed by atoms with Crippen molar-refractivity contribution >= 4 is 17.6 Å². The number of benzene rings is 2.